The van der Waals surface area contributed by atoms with Gasteiger partial charge in [0.05, 0.1) is 167 Å². The average Bonchev–Trinajstić information content (AvgIpc) is 1.58. The van der Waals surface area contributed by atoms with E-state index in [-0.39, 0.29) is 36.8 Å². The molecule has 0 atom stereocenters. The number of nitrogens with zero attached hydrogens (tertiary/aromatic N) is 10. The number of quaternary nitrogens is 2. The number of carboxylic acid groups (broad SMARTS) is 1. The number of methoxy groups -OCH3 is 2. The first-order chi connectivity index (χ1) is 49.8. The Morgan fingerprint density at radius 3 is 1.64 bits per heavy atom. The van der Waals surface area contributed by atoms with E-state index in [4.69, 9.17) is 48.3 Å². The van der Waals surface area contributed by atoms with Crippen LogP contribution in [0, 0.1) is 20.8 Å². The molecular formula is C81H115N10O13S+5. The molecule has 0 unspecified atom stereocenters. The third-order valence-corrected chi connectivity index (χ3v) is 20.3. The molecule has 0 radical (unpaired) electrons. The second kappa shape index (κ2) is 35.8. The van der Waals surface area contributed by atoms with E-state index >= 15 is 0 Å². The minimum Gasteiger partial charge on any atom is -0.478 e. The van der Waals surface area contributed by atoms with Crippen LogP contribution in [-0.4, -0.2) is 225 Å². The van der Waals surface area contributed by atoms with Crippen LogP contribution in [0.1, 0.15) is 107 Å². The Bertz CT molecular complexity index is 4400. The number of carboxylic acids is 1. The molecule has 0 bridgehead atoms. The molecule has 2 aromatic heterocycles. The largest absolute Gasteiger partial charge is 0.478 e. The van der Waals surface area contributed by atoms with Gasteiger partial charge in [-0.1, -0.05) is 61.9 Å². The van der Waals surface area contributed by atoms with Gasteiger partial charge in [0, 0.05) is 72.8 Å². The van der Waals surface area contributed by atoms with Crippen molar-refractivity contribution in [3.05, 3.63) is 177 Å². The van der Waals surface area contributed by atoms with Crippen LogP contribution in [0.15, 0.2) is 120 Å². The number of hydrogen-bond acceptors (Lipinski definition) is 14. The molecular weight excluding hydrogens is 1350 g/mol. The number of benzene rings is 5. The smallest absolute Gasteiger partial charge is 0.335 e. The summed E-state index contributed by atoms with van der Waals surface area (Å²) in [7, 11) is 15.7. The van der Waals surface area contributed by atoms with E-state index < -0.39 is 26.9 Å². The zero-order valence-electron chi connectivity index (χ0n) is 65.2. The molecule has 0 saturated heterocycles. The molecule has 7 aromatic rings. The standard InChI is InChI=1S/C81H113N10O13S/c1-58-46-59(2)68-26-28-72-77(70(68)47-58)80(4,5)74(88(72)30-20-32-90(10,11)12)24-18-22-61(23-19-25-75-81(6,7)78-71-51-67(105(94,95)96)48-60(3)69(71)27-29-73(78)89(75)31-21-33-91(13,14)15)76-63(52-86-54-65(84(8)82-86)56-103-44-42-101-40-38-99-36-34-97-16)49-62(79(92)93)50-64(76)53-87-55-66(85(9)83-87)57-104-45-43-102-41-39-100-37-35-98-17/h18-19,22-29,46-51,54-55H,20-21,30-45,52-53,56-57H2,1-17H3/q+3/p+2. The highest BCUT2D eigenvalue weighted by molar-refractivity contribution is 7.85. The molecule has 24 heteroatoms. The Hall–Kier alpha value is -7.69. The first kappa shape index (κ1) is 81.4. The van der Waals surface area contributed by atoms with Crippen LogP contribution in [0.2, 0.25) is 0 Å². The van der Waals surface area contributed by atoms with Gasteiger partial charge in [-0.3, -0.25) is 4.55 Å². The number of anilines is 1. The highest BCUT2D eigenvalue weighted by Crippen LogP contribution is 2.52. The summed E-state index contributed by atoms with van der Waals surface area (Å²) < 4.78 is 92.8. The summed E-state index contributed by atoms with van der Waals surface area (Å²) >= 11 is 0. The van der Waals surface area contributed by atoms with E-state index in [0.29, 0.717) is 97.0 Å². The summed E-state index contributed by atoms with van der Waals surface area (Å²) in [5.74, 6) is -1.09. The first-order valence-corrected chi connectivity index (χ1v) is 37.8. The van der Waals surface area contributed by atoms with Crippen molar-refractivity contribution in [2.45, 2.75) is 103 Å². The topological polar surface area (TPSA) is 215 Å². The van der Waals surface area contributed by atoms with Crippen molar-refractivity contribution in [3.8, 4) is 0 Å². The van der Waals surface area contributed by atoms with Gasteiger partial charge in [-0.15, -0.1) is 18.7 Å². The Labute approximate surface area is 621 Å². The van der Waals surface area contributed by atoms with E-state index in [1.165, 1.54) is 39.2 Å². The monoisotopic (exact) mass is 1470 g/mol. The summed E-state index contributed by atoms with van der Waals surface area (Å²) in [6.07, 6.45) is 18.6. The molecule has 9 rings (SSSR count). The molecule has 2 N–H and O–H groups in total. The second-order valence-electron chi connectivity index (χ2n) is 30.6. The summed E-state index contributed by atoms with van der Waals surface area (Å²) in [5.41, 5.74) is 13.2. The van der Waals surface area contributed by atoms with Crippen molar-refractivity contribution in [3.63, 3.8) is 0 Å². The third kappa shape index (κ3) is 20.9. The van der Waals surface area contributed by atoms with E-state index in [9.17, 15) is 22.9 Å². The lowest BCUT2D eigenvalue weighted by Crippen LogP contribution is -2.37. The molecule has 0 saturated carbocycles. The maximum atomic E-state index is 13.7. The average molecular weight is 1470 g/mol. The SMILES string of the molecule is COCCOCCOCCOCc1cn(Cc2cc(C(=O)O)cc(Cn3cc(COCCOCCOCCOC)[n+](C)n3)c2C(=C\C=C\C2=[N+](CCC[N+](C)(C)C)c3ccc4c(C)cc(C)cc4c3C2(C)C)/C=C/C=C2/N(CCC[N+](C)(C)C)c3ccc4c(C)cc(S(=O)(=O)O)cc4c3C2(C)C)n[n+]1C. The van der Waals surface area contributed by atoms with Gasteiger partial charge in [-0.25, -0.2) is 4.79 Å². The van der Waals surface area contributed by atoms with Gasteiger partial charge in [0.25, 0.3) is 10.1 Å². The maximum absolute atomic E-state index is 13.7. The van der Waals surface area contributed by atoms with Gasteiger partial charge < -0.3 is 56.9 Å². The molecule has 0 amide bonds. The van der Waals surface area contributed by atoms with Crippen LogP contribution in [0.4, 0.5) is 11.4 Å². The second-order valence-corrected chi connectivity index (χ2v) is 32.1. The van der Waals surface area contributed by atoms with Gasteiger partial charge in [0.2, 0.25) is 5.69 Å². The predicted octanol–water partition coefficient (Wildman–Crippen LogP) is 9.84. The Morgan fingerprint density at radius 1 is 0.610 bits per heavy atom. The molecule has 105 heavy (non-hydrogen) atoms. The Kier molecular flexibility index (Phi) is 27.8. The third-order valence-electron chi connectivity index (χ3n) is 19.5. The molecule has 23 nitrogen and oxygen atoms in total. The zero-order chi connectivity index (χ0) is 76.0. The summed E-state index contributed by atoms with van der Waals surface area (Å²) in [5, 5.41) is 25.3. The van der Waals surface area contributed by atoms with Gasteiger partial charge in [-0.05, 0) is 126 Å². The quantitative estimate of drug-likeness (QED) is 0.0120. The van der Waals surface area contributed by atoms with Crippen LogP contribution < -0.4 is 14.3 Å². The Morgan fingerprint density at radius 2 is 1.11 bits per heavy atom. The normalized spacial score (nSPS) is 15.2. The fourth-order valence-corrected chi connectivity index (χ4v) is 15.1. The summed E-state index contributed by atoms with van der Waals surface area (Å²) in [6.45, 7) is 24.6. The lowest BCUT2D eigenvalue weighted by molar-refractivity contribution is -0.871. The van der Waals surface area contributed by atoms with Crippen LogP contribution in [-0.2, 0) is 99.2 Å². The van der Waals surface area contributed by atoms with Crippen molar-refractivity contribution in [1.29, 1.82) is 0 Å². The molecule has 0 fully saturated rings. The van der Waals surface area contributed by atoms with Gasteiger partial charge >= 0.3 is 5.97 Å². The molecule has 4 heterocycles. The first-order valence-electron chi connectivity index (χ1n) is 36.4. The number of ether oxygens (including phenoxy) is 8. The van der Waals surface area contributed by atoms with Crippen molar-refractivity contribution in [2.75, 3.05) is 167 Å². The fourth-order valence-electron chi connectivity index (χ4n) is 14.5. The number of hydrogen-bond donors (Lipinski definition) is 2. The number of fused-ring (bicyclic) bond motifs is 6. The maximum Gasteiger partial charge on any atom is 0.335 e. The molecule has 568 valence electrons. The fraction of sp³-hybridized carbons (Fsp3) is 0.506. The number of carbonyl (C=O) groups is 1. The number of aromatic nitrogens is 6. The van der Waals surface area contributed by atoms with Crippen LogP contribution in [0.25, 0.3) is 27.1 Å². The number of rotatable bonds is 41. The molecule has 2 aliphatic rings. The van der Waals surface area contributed by atoms with E-state index in [1.54, 1.807) is 41.8 Å². The summed E-state index contributed by atoms with van der Waals surface area (Å²) in [6, 6.07) is 20.0. The van der Waals surface area contributed by atoms with E-state index in [2.05, 4.69) is 166 Å². The van der Waals surface area contributed by atoms with Crippen molar-refractivity contribution in [1.82, 2.24) is 19.8 Å². The number of aryl methyl sites for hydroxylation is 5. The molecule has 2 aliphatic heterocycles. The number of aromatic carboxylic acids is 1. The molecule has 0 aliphatic carbocycles. The highest BCUT2D eigenvalue weighted by atomic mass is 32.2. The van der Waals surface area contributed by atoms with E-state index in [1.807, 2.05) is 42.8 Å². The summed E-state index contributed by atoms with van der Waals surface area (Å²) in [4.78, 5) is 15.9. The lowest BCUT2D eigenvalue weighted by atomic mass is 9.78. The van der Waals surface area contributed by atoms with Gasteiger partial charge in [0.1, 0.15) is 40.4 Å². The van der Waals surface area contributed by atoms with Crippen LogP contribution in [0.5, 0.6) is 0 Å². The Balaban J connectivity index is 1.22. The minimum absolute atomic E-state index is 0.0935. The zero-order valence-corrected chi connectivity index (χ0v) is 66.0. The van der Waals surface area contributed by atoms with Crippen molar-refractivity contribution >= 4 is 60.3 Å². The molecule has 0 spiro atoms. The lowest BCUT2D eigenvalue weighted by Gasteiger charge is -2.29. The van der Waals surface area contributed by atoms with Crippen LogP contribution in [0.3, 0.4) is 0 Å². The van der Waals surface area contributed by atoms with Crippen LogP contribution >= 0.6 is 0 Å². The predicted molar refractivity (Wildman–Crippen MR) is 409 cm³/mol. The molecule has 5 aromatic carbocycles. The highest BCUT2D eigenvalue weighted by Gasteiger charge is 2.46. The van der Waals surface area contributed by atoms with Crippen molar-refractivity contribution in [2.24, 2.45) is 14.1 Å². The minimum atomic E-state index is -4.55. The van der Waals surface area contributed by atoms with Crippen molar-refractivity contribution < 1.29 is 83.7 Å². The van der Waals surface area contributed by atoms with Gasteiger partial charge in [-0.2, -0.15) is 13.0 Å². The van der Waals surface area contributed by atoms with Gasteiger partial charge in [0.15, 0.2) is 36.0 Å². The van der Waals surface area contributed by atoms with E-state index in [0.717, 1.165) is 103 Å². The number of allylic oxidation sites excluding steroid dienone is 8.